The number of nitrogens with zero attached hydrogens (tertiary/aromatic N) is 5. The first kappa shape index (κ1) is 38.6. The minimum absolute atomic E-state index is 0.128. The largest absolute Gasteiger partial charge is 0.509 e. The Balaban J connectivity index is 1.21. The van der Waals surface area contributed by atoms with Gasteiger partial charge < -0.3 is 24.9 Å². The molecule has 1 aliphatic heterocycles. The van der Waals surface area contributed by atoms with E-state index < -0.39 is 12.1 Å². The van der Waals surface area contributed by atoms with Gasteiger partial charge in [-0.05, 0) is 88.1 Å². The highest BCUT2D eigenvalue weighted by Gasteiger charge is 2.48. The Hall–Kier alpha value is -6.87. The topological polar surface area (TPSA) is 93.1 Å². The number of ketones is 2. The van der Waals surface area contributed by atoms with Crippen molar-refractivity contribution in [2.75, 3.05) is 18.0 Å². The Morgan fingerprint density at radius 2 is 1.18 bits per heavy atom. The first-order valence-electron chi connectivity index (χ1n) is 21.1. The lowest BCUT2D eigenvalue weighted by Crippen LogP contribution is -2.50. The molecule has 3 aliphatic carbocycles. The Bertz CT molecular complexity index is 2640. The number of anilines is 2. The summed E-state index contributed by atoms with van der Waals surface area (Å²) in [4.78, 5) is 34.8. The number of aliphatic hydroxyl groups is 2. The first-order valence-corrected chi connectivity index (χ1v) is 21.1. The maximum absolute atomic E-state index is 14.0. The Kier molecular flexibility index (Phi) is 10.1. The number of aliphatic hydroxyl groups excluding tert-OH is 2. The molecule has 0 radical (unpaired) electrons. The highest BCUT2D eigenvalue weighted by Crippen LogP contribution is 2.43. The lowest BCUT2D eigenvalue weighted by molar-refractivity contribution is -0.696. The number of carbonyl (C=O) groups is 2. The van der Waals surface area contributed by atoms with Crippen molar-refractivity contribution < 1.29 is 24.4 Å². The second kappa shape index (κ2) is 15.7. The van der Waals surface area contributed by atoms with Crippen LogP contribution in [0.15, 0.2) is 150 Å². The fraction of sp³-hybridized carbons (Fsp3) is 0.235. The second-order valence-electron chi connectivity index (χ2n) is 15.5. The molecule has 302 valence electrons. The Morgan fingerprint density at radius 1 is 0.650 bits per heavy atom. The summed E-state index contributed by atoms with van der Waals surface area (Å²) < 4.78 is 3.98. The van der Waals surface area contributed by atoms with Crippen LogP contribution in [0.5, 0.6) is 0 Å². The van der Waals surface area contributed by atoms with Crippen molar-refractivity contribution in [3.05, 3.63) is 189 Å². The number of imidazole rings is 1. The minimum Gasteiger partial charge on any atom is -0.509 e. The summed E-state index contributed by atoms with van der Waals surface area (Å²) in [6.45, 7) is 10.5. The molecule has 0 saturated carbocycles. The zero-order valence-electron chi connectivity index (χ0n) is 34.5. The number of likely N-dealkylation sites (N-methyl/N-ethyl adjacent to an activating group) is 2. The van der Waals surface area contributed by atoms with Gasteiger partial charge in [-0.1, -0.05) is 91.0 Å². The fourth-order valence-corrected chi connectivity index (χ4v) is 9.82. The molecule has 5 aromatic rings. The van der Waals surface area contributed by atoms with E-state index >= 15 is 0 Å². The second-order valence-corrected chi connectivity index (χ2v) is 15.5. The van der Waals surface area contributed by atoms with Crippen LogP contribution in [0.3, 0.4) is 0 Å². The molecule has 60 heavy (non-hydrogen) atoms. The molecule has 2 heterocycles. The van der Waals surface area contributed by atoms with E-state index in [9.17, 15) is 19.8 Å². The number of rotatable bonds is 10. The molecule has 9 rings (SSSR count). The zero-order chi connectivity index (χ0) is 41.7. The predicted octanol–water partition coefficient (Wildman–Crippen LogP) is 7.70. The van der Waals surface area contributed by atoms with E-state index in [2.05, 4.69) is 101 Å². The van der Waals surface area contributed by atoms with E-state index in [4.69, 9.17) is 0 Å². The fourth-order valence-electron chi connectivity index (χ4n) is 9.82. The van der Waals surface area contributed by atoms with Gasteiger partial charge in [0.1, 0.15) is 29.4 Å². The average Bonchev–Trinajstić information content (AvgIpc) is 3.95. The van der Waals surface area contributed by atoms with Crippen molar-refractivity contribution in [3.8, 4) is 0 Å². The van der Waals surface area contributed by atoms with Crippen molar-refractivity contribution in [1.29, 1.82) is 0 Å². The van der Waals surface area contributed by atoms with Crippen LogP contribution in [0, 0.1) is 0 Å². The number of fused-ring (bicyclic) bond motifs is 4. The molecule has 0 amide bonds. The Labute approximate surface area is 350 Å². The van der Waals surface area contributed by atoms with E-state index in [1.165, 1.54) is 0 Å². The van der Waals surface area contributed by atoms with Crippen LogP contribution in [-0.2, 0) is 13.1 Å². The lowest BCUT2D eigenvalue weighted by atomic mass is 9.90. The summed E-state index contributed by atoms with van der Waals surface area (Å²) in [5.41, 5.74) is 7.12. The van der Waals surface area contributed by atoms with Gasteiger partial charge in [-0.3, -0.25) is 9.59 Å². The molecule has 9 nitrogen and oxygen atoms in total. The number of carbonyl (C=O) groups excluding carboxylic acids is 2. The van der Waals surface area contributed by atoms with E-state index in [0.717, 1.165) is 52.7 Å². The average molecular weight is 797 g/mol. The third-order valence-corrected chi connectivity index (χ3v) is 12.5. The van der Waals surface area contributed by atoms with Crippen LogP contribution in [-0.4, -0.2) is 61.3 Å². The van der Waals surface area contributed by atoms with Gasteiger partial charge in [-0.15, -0.1) is 0 Å². The van der Waals surface area contributed by atoms with Gasteiger partial charge in [0, 0.05) is 52.1 Å². The zero-order valence-corrected chi connectivity index (χ0v) is 34.5. The van der Waals surface area contributed by atoms with E-state index in [-0.39, 0.29) is 23.1 Å². The van der Waals surface area contributed by atoms with Crippen molar-refractivity contribution in [2.24, 2.45) is 0 Å². The van der Waals surface area contributed by atoms with Gasteiger partial charge in [0.2, 0.25) is 23.0 Å². The van der Waals surface area contributed by atoms with Crippen LogP contribution in [0.2, 0.25) is 0 Å². The van der Waals surface area contributed by atoms with Gasteiger partial charge in [0.25, 0.3) is 5.82 Å². The molecule has 9 heteroatoms. The molecule has 2 unspecified atom stereocenters. The Morgan fingerprint density at radius 3 is 1.72 bits per heavy atom. The van der Waals surface area contributed by atoms with Gasteiger partial charge in [0.05, 0.1) is 18.8 Å². The molecular formula is C51H50N5O4+. The maximum Gasteiger partial charge on any atom is 0.282 e. The summed E-state index contributed by atoms with van der Waals surface area (Å²) in [6, 6.07) is 34.6. The molecule has 0 bridgehead atoms. The molecule has 1 fully saturated rings. The van der Waals surface area contributed by atoms with Crippen LogP contribution in [0.25, 0.3) is 17.6 Å². The summed E-state index contributed by atoms with van der Waals surface area (Å²) in [6.07, 6.45) is 10.1. The lowest BCUT2D eigenvalue weighted by Gasteiger charge is -2.29. The SMILES string of the molecule is CCN1C(=CC=C2CCC(C=Cc3n(CC)c4c([n+]3CC)C(=O)c3ccccc3C4=O)=C2N(c2ccccc2)c2ccccc2)N(CC)C2C(O)=c3ccccc3=C(O)C21. The van der Waals surface area contributed by atoms with Crippen LogP contribution >= 0.6 is 0 Å². The molecule has 0 spiro atoms. The van der Waals surface area contributed by atoms with Gasteiger partial charge in [-0.25, -0.2) is 9.13 Å². The third kappa shape index (κ3) is 6.02. The quantitative estimate of drug-likeness (QED) is 0.137. The number of hydrogen-bond acceptors (Lipinski definition) is 7. The van der Waals surface area contributed by atoms with Crippen molar-refractivity contribution in [1.82, 2.24) is 14.4 Å². The number of allylic oxidation sites excluding steroid dienone is 5. The van der Waals surface area contributed by atoms with E-state index in [0.29, 0.717) is 59.1 Å². The first-order chi connectivity index (χ1) is 29.3. The third-order valence-electron chi connectivity index (χ3n) is 12.5. The van der Waals surface area contributed by atoms with Gasteiger partial charge >= 0.3 is 0 Å². The molecule has 1 saturated heterocycles. The molecule has 4 aliphatic rings. The highest BCUT2D eigenvalue weighted by atomic mass is 16.3. The molecule has 2 N–H and O–H groups in total. The summed E-state index contributed by atoms with van der Waals surface area (Å²) in [7, 11) is 0. The predicted molar refractivity (Wildman–Crippen MR) is 236 cm³/mol. The maximum atomic E-state index is 14.0. The van der Waals surface area contributed by atoms with Gasteiger partial charge in [-0.2, -0.15) is 0 Å². The van der Waals surface area contributed by atoms with Crippen molar-refractivity contribution in [3.63, 3.8) is 0 Å². The van der Waals surface area contributed by atoms with Gasteiger partial charge in [0.15, 0.2) is 0 Å². The number of hydrogen-bond donors (Lipinski definition) is 2. The van der Waals surface area contributed by atoms with E-state index in [1.54, 1.807) is 12.1 Å². The van der Waals surface area contributed by atoms with Crippen LogP contribution in [0.1, 0.15) is 78.5 Å². The smallest absolute Gasteiger partial charge is 0.282 e. The summed E-state index contributed by atoms with van der Waals surface area (Å²) in [5, 5.41) is 24.8. The van der Waals surface area contributed by atoms with Crippen LogP contribution in [0.4, 0.5) is 11.4 Å². The number of benzene rings is 4. The van der Waals surface area contributed by atoms with E-state index in [1.807, 2.05) is 71.5 Å². The highest BCUT2D eigenvalue weighted by molar-refractivity contribution is 6.26. The molecule has 2 atom stereocenters. The van der Waals surface area contributed by atoms with Crippen LogP contribution < -0.4 is 19.9 Å². The summed E-state index contributed by atoms with van der Waals surface area (Å²) in [5.74, 6) is 2.03. The standard InChI is InChI=1S/C51H49N5O4/c1-5-52-41(53(6-2)45-44(52)48(57)37-23-15-16-24-38(37)49(45)58)31-29-33-27-28-34(43(33)56(35-19-11-9-12-20-35)36-21-13-10-14-22-36)30-32-42-54(7-3)46-47(55(42)8-4)51(60)40-26-18-17-25-39(40)50(46)59/h9-26,29-32,44-45H,5-8,27-28H2,1-4H3,(H-,57,58,59,60)/p+1. The number of para-hydroxylation sites is 2. The molecule has 4 aromatic carbocycles. The monoisotopic (exact) mass is 796 g/mol. The van der Waals surface area contributed by atoms with Crippen molar-refractivity contribution in [2.45, 2.75) is 65.7 Å². The molecular weight excluding hydrogens is 747 g/mol. The van der Waals surface area contributed by atoms with Crippen molar-refractivity contribution >= 4 is 40.5 Å². The number of aromatic nitrogens is 2. The summed E-state index contributed by atoms with van der Waals surface area (Å²) >= 11 is 0. The molecule has 1 aromatic heterocycles. The normalized spacial score (nSPS) is 19.1. The minimum atomic E-state index is -0.422.